The normalized spacial score (nSPS) is 19.5. The molecule has 0 saturated carbocycles. The van der Waals surface area contributed by atoms with Gasteiger partial charge in [0.1, 0.15) is 5.78 Å². The highest BCUT2D eigenvalue weighted by Gasteiger charge is 2.18. The van der Waals surface area contributed by atoms with Gasteiger partial charge in [0.2, 0.25) is 0 Å². The summed E-state index contributed by atoms with van der Waals surface area (Å²) in [5.41, 5.74) is 0. The van der Waals surface area contributed by atoms with Crippen LogP contribution >= 0.6 is 0 Å². The lowest BCUT2D eigenvalue weighted by Gasteiger charge is -2.30. The largest absolute Gasteiger partial charge is 0.480 e. The van der Waals surface area contributed by atoms with Crippen molar-refractivity contribution in [1.29, 1.82) is 0 Å². The molecule has 1 saturated heterocycles. The van der Waals surface area contributed by atoms with Gasteiger partial charge in [-0.05, 0) is 19.4 Å². The number of carboxylic acids is 3. The molecule has 11 nitrogen and oxygen atoms in total. The van der Waals surface area contributed by atoms with Crippen LogP contribution in [0.5, 0.6) is 0 Å². The number of rotatable bonds is 9. The Hall–Kier alpha value is -2.08. The van der Waals surface area contributed by atoms with Gasteiger partial charge in [-0.25, -0.2) is 0 Å². The second-order valence-corrected chi connectivity index (χ2v) is 7.89. The summed E-state index contributed by atoms with van der Waals surface area (Å²) in [6, 6.07) is 0. The molecule has 1 heterocycles. The molecule has 11 heteroatoms. The third-order valence-corrected chi connectivity index (χ3v) is 5.23. The van der Waals surface area contributed by atoms with Crippen LogP contribution < -0.4 is 0 Å². The number of carbonyl (C=O) groups excluding carboxylic acids is 1. The summed E-state index contributed by atoms with van der Waals surface area (Å²) in [6.45, 7) is 5.67. The number of Topliss-reactive ketones (excluding diaryl/α,β-unsaturated/α-hetero) is 1. The second-order valence-electron chi connectivity index (χ2n) is 7.89. The van der Waals surface area contributed by atoms with Gasteiger partial charge in [-0.15, -0.1) is 0 Å². The van der Waals surface area contributed by atoms with Gasteiger partial charge in [-0.3, -0.25) is 38.8 Å². The average molecular weight is 445 g/mol. The number of hydrogen-bond donors (Lipinski definition) is 3. The first-order valence-corrected chi connectivity index (χ1v) is 10.8. The van der Waals surface area contributed by atoms with Crippen LogP contribution in [0, 0.1) is 0 Å². The molecule has 31 heavy (non-hydrogen) atoms. The van der Waals surface area contributed by atoms with Gasteiger partial charge in [0.25, 0.3) is 0 Å². The molecule has 178 valence electrons. The van der Waals surface area contributed by atoms with Crippen molar-refractivity contribution in [2.45, 2.75) is 26.2 Å². The summed E-state index contributed by atoms with van der Waals surface area (Å²) < 4.78 is 0. The van der Waals surface area contributed by atoms with Gasteiger partial charge in [0.05, 0.1) is 26.2 Å². The van der Waals surface area contributed by atoms with Gasteiger partial charge in [-0.1, -0.05) is 6.92 Å². The van der Waals surface area contributed by atoms with E-state index in [1.807, 2.05) is 9.80 Å². The molecule has 0 aromatic rings. The quantitative estimate of drug-likeness (QED) is 0.412. The zero-order valence-electron chi connectivity index (χ0n) is 18.4. The lowest BCUT2D eigenvalue weighted by molar-refractivity contribution is -0.140. The summed E-state index contributed by atoms with van der Waals surface area (Å²) in [6.07, 6.45) is 1.68. The Morgan fingerprint density at radius 2 is 0.839 bits per heavy atom. The summed E-state index contributed by atoms with van der Waals surface area (Å²) in [7, 11) is 0. The van der Waals surface area contributed by atoms with Crippen LogP contribution in [0.25, 0.3) is 0 Å². The maximum Gasteiger partial charge on any atom is 0.317 e. The van der Waals surface area contributed by atoms with E-state index in [0.29, 0.717) is 78.2 Å². The fraction of sp³-hybridized carbons (Fsp3) is 0.800. The van der Waals surface area contributed by atoms with Gasteiger partial charge in [0, 0.05) is 52.2 Å². The van der Waals surface area contributed by atoms with E-state index in [2.05, 4.69) is 0 Å². The van der Waals surface area contributed by atoms with Gasteiger partial charge in [0.15, 0.2) is 0 Å². The molecule has 3 N–H and O–H groups in total. The van der Waals surface area contributed by atoms with Gasteiger partial charge < -0.3 is 15.3 Å². The monoisotopic (exact) mass is 444 g/mol. The van der Waals surface area contributed by atoms with Crippen LogP contribution in [0.2, 0.25) is 0 Å². The SMILES string of the molecule is CCC(=O)CN1CCCN(CC(=O)O)CCN(CC(=O)O)CCCN(CC(=O)O)CC1. The fourth-order valence-corrected chi connectivity index (χ4v) is 3.62. The summed E-state index contributed by atoms with van der Waals surface area (Å²) in [5.74, 6) is -2.71. The number of ketones is 1. The standard InChI is InChI=1S/C20H36N4O7/c1-2-17(25)13-21-5-3-6-23(15-19(28)29)11-12-24(16-20(30)31)8-4-7-22(10-9-21)14-18(26)27/h2-16H2,1H3,(H,26,27)(H,28,29)(H,30,31). The predicted molar refractivity (Wildman–Crippen MR) is 113 cm³/mol. The van der Waals surface area contributed by atoms with Crippen molar-refractivity contribution in [2.24, 2.45) is 0 Å². The smallest absolute Gasteiger partial charge is 0.317 e. The predicted octanol–water partition coefficient (Wildman–Crippen LogP) is -0.779. The molecular formula is C20H36N4O7. The molecule has 1 aliphatic heterocycles. The first kappa shape index (κ1) is 27.0. The Kier molecular flexibility index (Phi) is 12.9. The molecule has 1 aliphatic rings. The molecule has 0 aliphatic carbocycles. The fourth-order valence-electron chi connectivity index (χ4n) is 3.62. The number of hydrogen-bond acceptors (Lipinski definition) is 8. The van der Waals surface area contributed by atoms with Crippen molar-refractivity contribution in [1.82, 2.24) is 19.6 Å². The van der Waals surface area contributed by atoms with Crippen LogP contribution in [0.15, 0.2) is 0 Å². The second kappa shape index (κ2) is 14.8. The number of nitrogens with zero attached hydrogens (tertiary/aromatic N) is 4. The molecule has 0 bridgehead atoms. The maximum absolute atomic E-state index is 12.0. The minimum atomic E-state index is -0.954. The van der Waals surface area contributed by atoms with Crippen molar-refractivity contribution < 1.29 is 34.5 Å². The molecule has 0 atom stereocenters. The van der Waals surface area contributed by atoms with Crippen LogP contribution in [-0.4, -0.2) is 137 Å². The number of carboxylic acid groups (broad SMARTS) is 3. The first-order chi connectivity index (χ1) is 14.7. The third kappa shape index (κ3) is 13.0. The lowest BCUT2D eigenvalue weighted by atomic mass is 10.2. The molecule has 0 aromatic heterocycles. The maximum atomic E-state index is 12.0. The Bertz CT molecular complexity index is 602. The van der Waals surface area contributed by atoms with Crippen LogP contribution in [-0.2, 0) is 19.2 Å². The molecular weight excluding hydrogens is 408 g/mol. The third-order valence-electron chi connectivity index (χ3n) is 5.23. The summed E-state index contributed by atoms with van der Waals surface area (Å²) >= 11 is 0. The zero-order chi connectivity index (χ0) is 23.2. The van der Waals surface area contributed by atoms with E-state index in [9.17, 15) is 29.4 Å². The van der Waals surface area contributed by atoms with Crippen LogP contribution in [0.1, 0.15) is 26.2 Å². The van der Waals surface area contributed by atoms with Crippen molar-refractivity contribution in [3.8, 4) is 0 Å². The van der Waals surface area contributed by atoms with Crippen molar-refractivity contribution in [3.05, 3.63) is 0 Å². The number of carbonyl (C=O) groups is 4. The molecule has 1 fully saturated rings. The Morgan fingerprint density at radius 3 is 1.10 bits per heavy atom. The van der Waals surface area contributed by atoms with Gasteiger partial charge >= 0.3 is 17.9 Å². The van der Waals surface area contributed by atoms with Crippen molar-refractivity contribution in [2.75, 3.05) is 78.5 Å². The molecule has 0 amide bonds. The summed E-state index contributed by atoms with van der Waals surface area (Å²) in [4.78, 5) is 53.0. The highest BCUT2D eigenvalue weighted by atomic mass is 16.4. The van der Waals surface area contributed by atoms with Gasteiger partial charge in [-0.2, -0.15) is 0 Å². The van der Waals surface area contributed by atoms with Crippen LogP contribution in [0.3, 0.4) is 0 Å². The van der Waals surface area contributed by atoms with Crippen LogP contribution in [0.4, 0.5) is 0 Å². The average Bonchev–Trinajstić information content (AvgIpc) is 2.67. The van der Waals surface area contributed by atoms with E-state index in [-0.39, 0.29) is 25.4 Å². The molecule has 0 unspecified atom stereocenters. The lowest BCUT2D eigenvalue weighted by Crippen LogP contribution is -2.44. The van der Waals surface area contributed by atoms with Crippen molar-refractivity contribution >= 4 is 23.7 Å². The topological polar surface area (TPSA) is 142 Å². The minimum Gasteiger partial charge on any atom is -0.480 e. The van der Waals surface area contributed by atoms with E-state index in [1.165, 1.54) is 0 Å². The Labute approximate surface area is 183 Å². The highest BCUT2D eigenvalue weighted by Crippen LogP contribution is 2.04. The summed E-state index contributed by atoms with van der Waals surface area (Å²) in [5, 5.41) is 27.6. The van der Waals surface area contributed by atoms with E-state index < -0.39 is 17.9 Å². The van der Waals surface area contributed by atoms with E-state index in [0.717, 1.165) is 0 Å². The zero-order valence-corrected chi connectivity index (χ0v) is 18.4. The Morgan fingerprint density at radius 1 is 0.548 bits per heavy atom. The highest BCUT2D eigenvalue weighted by molar-refractivity contribution is 5.80. The van der Waals surface area contributed by atoms with Crippen molar-refractivity contribution in [3.63, 3.8) is 0 Å². The van der Waals surface area contributed by atoms with E-state index >= 15 is 0 Å². The molecule has 0 spiro atoms. The van der Waals surface area contributed by atoms with E-state index in [4.69, 9.17) is 5.11 Å². The Balaban J connectivity index is 2.90. The minimum absolute atomic E-state index is 0.109. The number of aliphatic carboxylic acids is 3. The molecule has 1 rings (SSSR count). The van der Waals surface area contributed by atoms with E-state index in [1.54, 1.807) is 16.7 Å². The molecule has 0 radical (unpaired) electrons. The first-order valence-electron chi connectivity index (χ1n) is 10.8. The molecule has 0 aromatic carbocycles.